The molecule has 0 spiro atoms. The molecule has 1 N–H and O–H groups in total. The van der Waals surface area contributed by atoms with Crippen LogP contribution in [0.15, 0.2) is 53.7 Å². The monoisotopic (exact) mass is 440 g/mol. The van der Waals surface area contributed by atoms with E-state index in [2.05, 4.69) is 14.9 Å². The van der Waals surface area contributed by atoms with Crippen molar-refractivity contribution in [3.05, 3.63) is 82.3 Å². The summed E-state index contributed by atoms with van der Waals surface area (Å²) in [5, 5.41) is 0.873. The smallest absolute Gasteiger partial charge is 0.251 e. The molecule has 0 atom stereocenters. The minimum absolute atomic E-state index is 0.106. The molecule has 6 nitrogen and oxygen atoms in total. The number of rotatable bonds is 4. The number of ether oxygens (including phenoxy) is 1. The van der Waals surface area contributed by atoms with Crippen LogP contribution in [0.25, 0.3) is 22.2 Å². The van der Waals surface area contributed by atoms with Gasteiger partial charge in [-0.3, -0.25) is 4.79 Å². The molecule has 1 aliphatic rings. The van der Waals surface area contributed by atoms with E-state index in [-0.39, 0.29) is 12.1 Å². The Bertz CT molecular complexity index is 1360. The van der Waals surface area contributed by atoms with Crippen molar-refractivity contribution in [1.29, 1.82) is 0 Å². The lowest BCUT2D eigenvalue weighted by molar-refractivity contribution is 0.122. The van der Waals surface area contributed by atoms with Crippen molar-refractivity contribution in [3.63, 3.8) is 0 Å². The first-order valence-electron chi connectivity index (χ1n) is 10.1. The second-order valence-corrected chi connectivity index (χ2v) is 7.61. The van der Waals surface area contributed by atoms with Gasteiger partial charge in [-0.2, -0.15) is 0 Å². The first-order valence-corrected chi connectivity index (χ1v) is 10.1. The Kier molecular flexibility index (Phi) is 5.18. The summed E-state index contributed by atoms with van der Waals surface area (Å²) in [6.07, 6.45) is 5.10. The molecule has 0 amide bonds. The molecule has 1 aliphatic heterocycles. The van der Waals surface area contributed by atoms with E-state index in [1.807, 2.05) is 12.3 Å². The largest absolute Gasteiger partial charge is 0.378 e. The standard InChI is InChI=1S/C23H19F3N4O2/c24-19-2-1-15(21(25)22(19)26)13-30-4-3-14(9-20(30)31)18-12-28-23-17(18)10-16(11-27-23)29-5-7-32-8-6-29/h1-4,9-12H,5-8,13H2,(H,27,28). The third-order valence-electron chi connectivity index (χ3n) is 5.66. The zero-order valence-electron chi connectivity index (χ0n) is 16.9. The molecule has 0 radical (unpaired) electrons. The van der Waals surface area contributed by atoms with Crippen LogP contribution >= 0.6 is 0 Å². The second kappa shape index (κ2) is 8.16. The van der Waals surface area contributed by atoms with E-state index in [0.29, 0.717) is 24.4 Å². The molecule has 32 heavy (non-hydrogen) atoms. The number of fused-ring (bicyclic) bond motifs is 1. The Hall–Kier alpha value is -3.59. The Morgan fingerprint density at radius 2 is 1.88 bits per heavy atom. The summed E-state index contributed by atoms with van der Waals surface area (Å²) in [6.45, 7) is 2.68. The Morgan fingerprint density at radius 1 is 1.06 bits per heavy atom. The number of nitrogens with zero attached hydrogens (tertiary/aromatic N) is 3. The van der Waals surface area contributed by atoms with Gasteiger partial charge in [0.25, 0.3) is 5.56 Å². The highest BCUT2D eigenvalue weighted by molar-refractivity contribution is 5.95. The van der Waals surface area contributed by atoms with Gasteiger partial charge >= 0.3 is 0 Å². The van der Waals surface area contributed by atoms with Crippen LogP contribution in [-0.2, 0) is 11.3 Å². The van der Waals surface area contributed by atoms with Crippen molar-refractivity contribution in [3.8, 4) is 11.1 Å². The van der Waals surface area contributed by atoms with Crippen molar-refractivity contribution < 1.29 is 17.9 Å². The van der Waals surface area contributed by atoms with Crippen molar-refractivity contribution in [2.45, 2.75) is 6.54 Å². The summed E-state index contributed by atoms with van der Waals surface area (Å²) in [7, 11) is 0. The molecule has 5 rings (SSSR count). The third-order valence-corrected chi connectivity index (χ3v) is 5.66. The van der Waals surface area contributed by atoms with Gasteiger partial charge in [-0.25, -0.2) is 18.2 Å². The summed E-state index contributed by atoms with van der Waals surface area (Å²) >= 11 is 0. The fourth-order valence-corrected chi connectivity index (χ4v) is 3.90. The average Bonchev–Trinajstić information content (AvgIpc) is 3.24. The molecule has 9 heteroatoms. The lowest BCUT2D eigenvalue weighted by Crippen LogP contribution is -2.36. The van der Waals surface area contributed by atoms with Crippen molar-refractivity contribution in [1.82, 2.24) is 14.5 Å². The topological polar surface area (TPSA) is 63.1 Å². The summed E-state index contributed by atoms with van der Waals surface area (Å²) in [5.74, 6) is -4.10. The van der Waals surface area contributed by atoms with Crippen LogP contribution in [0.3, 0.4) is 0 Å². The minimum atomic E-state index is -1.55. The number of nitrogens with one attached hydrogen (secondary N) is 1. The lowest BCUT2D eigenvalue weighted by Gasteiger charge is -2.28. The normalized spacial score (nSPS) is 14.3. The molecule has 0 unspecified atom stereocenters. The fraction of sp³-hybridized carbons (Fsp3) is 0.217. The number of benzene rings is 1. The predicted octanol–water partition coefficient (Wildman–Crippen LogP) is 3.69. The highest BCUT2D eigenvalue weighted by Crippen LogP contribution is 2.30. The number of pyridine rings is 2. The van der Waals surface area contributed by atoms with Crippen LogP contribution in [0, 0.1) is 17.5 Å². The number of halogens is 3. The van der Waals surface area contributed by atoms with Gasteiger partial charge in [0.15, 0.2) is 17.5 Å². The number of aromatic amines is 1. The maximum atomic E-state index is 14.0. The van der Waals surface area contributed by atoms with E-state index >= 15 is 0 Å². The quantitative estimate of drug-likeness (QED) is 0.492. The first kappa shape index (κ1) is 20.3. The fourth-order valence-electron chi connectivity index (χ4n) is 3.90. The van der Waals surface area contributed by atoms with Crippen LogP contribution in [0.4, 0.5) is 18.9 Å². The number of morpholine rings is 1. The van der Waals surface area contributed by atoms with Gasteiger partial charge in [0.1, 0.15) is 5.65 Å². The SMILES string of the molecule is O=c1cc(-c2c[nH]c3ncc(N4CCOCC4)cc23)ccn1Cc1ccc(F)c(F)c1F. The van der Waals surface area contributed by atoms with Crippen LogP contribution < -0.4 is 10.5 Å². The summed E-state index contributed by atoms with van der Waals surface area (Å²) in [6, 6.07) is 7.16. The van der Waals surface area contributed by atoms with Crippen LogP contribution in [0.5, 0.6) is 0 Å². The van der Waals surface area contributed by atoms with Crippen LogP contribution in [0.2, 0.25) is 0 Å². The number of aromatic nitrogens is 3. The zero-order chi connectivity index (χ0) is 22.2. The van der Waals surface area contributed by atoms with Crippen molar-refractivity contribution >= 4 is 16.7 Å². The van der Waals surface area contributed by atoms with E-state index < -0.39 is 23.0 Å². The molecular formula is C23H19F3N4O2. The van der Waals surface area contributed by atoms with Crippen molar-refractivity contribution in [2.75, 3.05) is 31.2 Å². The third kappa shape index (κ3) is 3.64. The molecule has 0 saturated carbocycles. The van der Waals surface area contributed by atoms with Gasteiger partial charge < -0.3 is 19.2 Å². The molecular weight excluding hydrogens is 421 g/mol. The Balaban J connectivity index is 1.47. The maximum Gasteiger partial charge on any atom is 0.251 e. The highest BCUT2D eigenvalue weighted by atomic mass is 19.2. The predicted molar refractivity (Wildman–Crippen MR) is 114 cm³/mol. The molecule has 1 saturated heterocycles. The molecule has 0 bridgehead atoms. The number of anilines is 1. The molecule has 1 aromatic carbocycles. The molecule has 164 valence electrons. The van der Waals surface area contributed by atoms with E-state index in [4.69, 9.17) is 4.74 Å². The Morgan fingerprint density at radius 3 is 2.66 bits per heavy atom. The summed E-state index contributed by atoms with van der Waals surface area (Å²) in [5.41, 5.74) is 2.66. The second-order valence-electron chi connectivity index (χ2n) is 7.61. The van der Waals surface area contributed by atoms with Gasteiger partial charge in [-0.05, 0) is 23.8 Å². The summed E-state index contributed by atoms with van der Waals surface area (Å²) < 4.78 is 47.3. The zero-order valence-corrected chi connectivity index (χ0v) is 16.9. The number of hydrogen-bond donors (Lipinski definition) is 1. The van der Waals surface area contributed by atoms with Gasteiger partial charge in [-0.1, -0.05) is 6.07 Å². The first-order chi connectivity index (χ1) is 15.5. The highest BCUT2D eigenvalue weighted by Gasteiger charge is 2.16. The molecule has 4 aromatic rings. The van der Waals surface area contributed by atoms with Crippen LogP contribution in [-0.4, -0.2) is 40.8 Å². The molecule has 1 fully saturated rings. The lowest BCUT2D eigenvalue weighted by atomic mass is 10.1. The average molecular weight is 440 g/mol. The molecule has 0 aliphatic carbocycles. The molecule has 3 aromatic heterocycles. The maximum absolute atomic E-state index is 14.0. The molecule has 4 heterocycles. The minimum Gasteiger partial charge on any atom is -0.378 e. The van der Waals surface area contributed by atoms with E-state index in [1.165, 1.54) is 16.8 Å². The van der Waals surface area contributed by atoms with Gasteiger partial charge in [0.2, 0.25) is 0 Å². The number of hydrogen-bond acceptors (Lipinski definition) is 4. The van der Waals surface area contributed by atoms with Gasteiger partial charge in [-0.15, -0.1) is 0 Å². The van der Waals surface area contributed by atoms with E-state index in [0.717, 1.165) is 41.9 Å². The van der Waals surface area contributed by atoms with E-state index in [9.17, 15) is 18.0 Å². The van der Waals surface area contributed by atoms with Gasteiger partial charge in [0, 0.05) is 48.1 Å². The Labute approximate surface area is 180 Å². The van der Waals surface area contributed by atoms with Crippen molar-refractivity contribution in [2.24, 2.45) is 0 Å². The summed E-state index contributed by atoms with van der Waals surface area (Å²) in [4.78, 5) is 22.5. The van der Waals surface area contributed by atoms with E-state index in [1.54, 1.807) is 12.3 Å². The number of H-pyrrole nitrogens is 1. The van der Waals surface area contributed by atoms with Crippen LogP contribution in [0.1, 0.15) is 5.56 Å². The van der Waals surface area contributed by atoms with Gasteiger partial charge in [0.05, 0.1) is 31.6 Å².